The smallest absolute Gasteiger partial charge is 0.305 e. The quantitative estimate of drug-likeness (QED) is 0.00867. The van der Waals surface area contributed by atoms with Gasteiger partial charge in [0, 0.05) is 35.9 Å². The number of hydrogen-bond acceptors (Lipinski definition) is 24. The van der Waals surface area contributed by atoms with Gasteiger partial charge in [0.2, 0.25) is 5.88 Å². The van der Waals surface area contributed by atoms with Crippen LogP contribution in [0, 0.1) is 18.3 Å². The van der Waals surface area contributed by atoms with Gasteiger partial charge in [-0.1, -0.05) is 46.3 Å². The van der Waals surface area contributed by atoms with Crippen LogP contribution in [0.2, 0.25) is 0 Å². The summed E-state index contributed by atoms with van der Waals surface area (Å²) in [4.78, 5) is 29.6. The maximum atomic E-state index is 11.8. The van der Waals surface area contributed by atoms with Crippen LogP contribution < -0.4 is 9.64 Å². The Labute approximate surface area is 401 Å². The molecule has 0 amide bonds. The van der Waals surface area contributed by atoms with Crippen LogP contribution in [0.4, 0.5) is 39.3 Å². The monoisotopic (exact) mass is 998 g/mol. The van der Waals surface area contributed by atoms with Gasteiger partial charge in [-0.2, -0.15) is 10.4 Å². The molecule has 3 heterocycles. The minimum Gasteiger partial charge on any atom is -0.505 e. The molecule has 0 aliphatic rings. The highest BCUT2D eigenvalue weighted by Gasteiger charge is 2.23. The Morgan fingerprint density at radius 1 is 0.913 bits per heavy atom. The van der Waals surface area contributed by atoms with E-state index in [4.69, 9.17) is 24.2 Å². The number of aromatic nitrogens is 4. The molecule has 0 aliphatic heterocycles. The Hall–Kier alpha value is -7.42. The zero-order valence-corrected chi connectivity index (χ0v) is 38.6. The molecule has 0 spiro atoms. The summed E-state index contributed by atoms with van der Waals surface area (Å²) in [6, 6.07) is 18.3. The molecule has 356 valence electrons. The summed E-state index contributed by atoms with van der Waals surface area (Å²) in [5, 5.41) is 109. The Morgan fingerprint density at radius 3 is 2.39 bits per heavy atom. The van der Waals surface area contributed by atoms with Crippen LogP contribution in [0.25, 0.3) is 27.5 Å². The SMILES string of the molecule is COc1cc(N=Nc2c(SOOO)cc3ccc(N=Nc4c(C)c(C#N)c5nc6ccccc6n5c4O)cc3c2O)c(N(CCC(=O)O)CCC(=O)O)cc1N=Nc1nnc(SCCOCCO)s1. The molecular weight excluding hydrogens is 961 g/mol. The third-order valence-corrected chi connectivity index (χ3v) is 12.4. The number of azo groups is 3. The summed E-state index contributed by atoms with van der Waals surface area (Å²) in [5.41, 5.74) is 2.19. The van der Waals surface area contributed by atoms with E-state index in [1.165, 1.54) is 46.4 Å². The van der Waals surface area contributed by atoms with Gasteiger partial charge in [0.15, 0.2) is 21.4 Å². The number of phenols is 1. The van der Waals surface area contributed by atoms with Gasteiger partial charge in [-0.05, 0) is 48.7 Å². The number of rotatable bonds is 23. The van der Waals surface area contributed by atoms with Gasteiger partial charge in [0.05, 0.1) is 79.1 Å². The Kier molecular flexibility index (Phi) is 16.5. The van der Waals surface area contributed by atoms with E-state index < -0.39 is 30.5 Å². The van der Waals surface area contributed by atoms with Crippen LogP contribution in [0.15, 0.2) is 101 Å². The van der Waals surface area contributed by atoms with Crippen LogP contribution in [0.5, 0.6) is 17.4 Å². The molecule has 7 aromatic rings. The molecule has 69 heavy (non-hydrogen) atoms. The number of thioether (sulfide) groups is 1. The number of para-hydroxylation sites is 2. The Morgan fingerprint density at radius 2 is 1.67 bits per heavy atom. The number of fused-ring (bicyclic) bond motifs is 4. The number of phenolic OH excluding ortho intramolecular Hbond substituents is 1. The van der Waals surface area contributed by atoms with E-state index >= 15 is 0 Å². The van der Waals surface area contributed by atoms with Crippen LogP contribution in [0.1, 0.15) is 24.0 Å². The third kappa shape index (κ3) is 11.7. The summed E-state index contributed by atoms with van der Waals surface area (Å²) >= 11 is 3.00. The van der Waals surface area contributed by atoms with Crippen molar-refractivity contribution in [2.45, 2.75) is 29.0 Å². The van der Waals surface area contributed by atoms with Gasteiger partial charge in [0.25, 0.3) is 5.13 Å². The van der Waals surface area contributed by atoms with Crippen LogP contribution in [0.3, 0.4) is 0 Å². The van der Waals surface area contributed by atoms with Crippen molar-refractivity contribution in [3.8, 4) is 23.4 Å². The lowest BCUT2D eigenvalue weighted by atomic mass is 10.1. The first-order chi connectivity index (χ1) is 33.4. The Balaban J connectivity index is 1.28. The summed E-state index contributed by atoms with van der Waals surface area (Å²) < 4.78 is 17.6. The van der Waals surface area contributed by atoms with Gasteiger partial charge >= 0.3 is 11.9 Å². The molecule has 0 bridgehead atoms. The normalized spacial score (nSPS) is 11.8. The molecule has 0 fully saturated rings. The van der Waals surface area contributed by atoms with Crippen molar-refractivity contribution in [1.82, 2.24) is 19.6 Å². The first-order valence-corrected chi connectivity index (χ1v) is 22.8. The van der Waals surface area contributed by atoms with E-state index in [0.29, 0.717) is 50.7 Å². The number of aliphatic hydroxyl groups is 1. The number of hydrogen-bond donors (Lipinski definition) is 6. The van der Waals surface area contributed by atoms with Crippen LogP contribution in [-0.4, -0.2) is 108 Å². The first kappa shape index (κ1) is 49.5. The number of benzene rings is 4. The van der Waals surface area contributed by atoms with Crippen molar-refractivity contribution >= 4 is 114 Å². The second kappa shape index (κ2) is 23.1. The maximum Gasteiger partial charge on any atom is 0.305 e. The number of anilines is 1. The topological polar surface area (TPSA) is 337 Å². The summed E-state index contributed by atoms with van der Waals surface area (Å²) in [6.45, 7) is 1.78. The van der Waals surface area contributed by atoms with E-state index in [9.17, 15) is 35.3 Å². The van der Waals surface area contributed by atoms with Crippen molar-refractivity contribution in [2.24, 2.45) is 30.7 Å². The van der Waals surface area contributed by atoms with Crippen molar-refractivity contribution in [3.63, 3.8) is 0 Å². The van der Waals surface area contributed by atoms with Gasteiger partial charge in [-0.15, -0.1) is 40.1 Å². The highest BCUT2D eigenvalue weighted by molar-refractivity contribution is 8.01. The number of aliphatic carboxylic acids is 2. The van der Waals surface area contributed by atoms with E-state index in [0.717, 1.165) is 11.3 Å². The molecule has 3 aromatic heterocycles. The zero-order chi connectivity index (χ0) is 49.0. The molecule has 0 aliphatic carbocycles. The van der Waals surface area contributed by atoms with Crippen LogP contribution in [-0.2, 0) is 23.7 Å². The number of carbonyl (C=O) groups is 2. The highest BCUT2D eigenvalue weighted by atomic mass is 32.2. The molecule has 4 aromatic carbocycles. The molecule has 0 radical (unpaired) electrons. The number of nitriles is 1. The fraction of sp³-hybridized carbons (Fsp3) is 0.238. The fourth-order valence-electron chi connectivity index (χ4n) is 6.72. The number of aromatic hydroxyl groups is 2. The summed E-state index contributed by atoms with van der Waals surface area (Å²) in [5.74, 6) is -2.40. The molecule has 24 nitrogen and oxygen atoms in total. The van der Waals surface area contributed by atoms with E-state index in [2.05, 4.69) is 57.0 Å². The first-order valence-electron chi connectivity index (χ1n) is 20.2. The fourth-order valence-corrected chi connectivity index (χ4v) is 8.80. The minimum absolute atomic E-state index is 0.00912. The number of carboxylic acids is 2. The number of imidazole rings is 1. The number of pyridine rings is 1. The lowest BCUT2D eigenvalue weighted by Crippen LogP contribution is -2.28. The molecule has 27 heteroatoms. The molecule has 7 rings (SSSR count). The Bertz CT molecular complexity index is 3160. The number of ether oxygens (including phenoxy) is 2. The average Bonchev–Trinajstić information content (AvgIpc) is 3.97. The lowest BCUT2D eigenvalue weighted by Gasteiger charge is -2.25. The van der Waals surface area contributed by atoms with E-state index in [1.54, 1.807) is 49.4 Å². The average molecular weight is 999 g/mol. The maximum absolute atomic E-state index is 11.8. The molecule has 0 saturated heterocycles. The van der Waals surface area contributed by atoms with Crippen molar-refractivity contribution in [3.05, 3.63) is 71.8 Å². The summed E-state index contributed by atoms with van der Waals surface area (Å²) in [6.07, 6.45) is -0.791. The van der Waals surface area contributed by atoms with Gasteiger partial charge in [-0.3, -0.25) is 14.0 Å². The van der Waals surface area contributed by atoms with Crippen LogP contribution >= 0.6 is 35.1 Å². The predicted molar refractivity (Wildman–Crippen MR) is 251 cm³/mol. The summed E-state index contributed by atoms with van der Waals surface area (Å²) in [7, 11) is 1.36. The lowest BCUT2D eigenvalue weighted by molar-refractivity contribution is -0.432. The van der Waals surface area contributed by atoms with Gasteiger partial charge < -0.3 is 39.9 Å². The highest BCUT2D eigenvalue weighted by Crippen LogP contribution is 2.47. The standard InChI is InChI=1S/C42H38N12O12S3/c1-22-26(21-43)39-44-27-5-3-4-6-30(27)54(39)40(61)36(22)48-45-24-8-7-23-17-33(69-66-65-62)37(38(60)25(23)18-24)49-46-28-20-32(63-2)29(19-31(28)53(11-9-34(56)57)12-10-35(58)59)47-50-41-51-52-42(68-41)67-16-15-64-14-13-55/h3-8,17-20,55,60-62H,9-16H2,1-2H3,(H,56,57)(H,58,59). The second-order valence-electron chi connectivity index (χ2n) is 14.2. The minimum atomic E-state index is -1.16. The predicted octanol–water partition coefficient (Wildman–Crippen LogP) is 9.62. The van der Waals surface area contributed by atoms with E-state index in [1.807, 2.05) is 0 Å². The largest absolute Gasteiger partial charge is 0.505 e. The third-order valence-electron chi connectivity index (χ3n) is 9.90. The van der Waals surface area contributed by atoms with Gasteiger partial charge in [0.1, 0.15) is 34.4 Å². The number of aliphatic hydroxyl groups excluding tert-OH is 1. The molecule has 0 saturated carbocycles. The zero-order valence-electron chi connectivity index (χ0n) is 36.2. The molecule has 6 N–H and O–H groups in total. The number of methoxy groups -OCH3 is 1. The van der Waals surface area contributed by atoms with Crippen molar-refractivity contribution < 1.29 is 59.2 Å². The number of nitrogens with zero attached hydrogens (tertiary/aromatic N) is 12. The van der Waals surface area contributed by atoms with Crippen molar-refractivity contribution in [2.75, 3.05) is 50.7 Å². The number of carboxylic acid groups (broad SMARTS) is 2. The molecular formula is C42H38N12O12S3. The van der Waals surface area contributed by atoms with Crippen molar-refractivity contribution in [1.29, 1.82) is 5.26 Å². The second-order valence-corrected chi connectivity index (χ2v) is 17.2. The van der Waals surface area contributed by atoms with Gasteiger partial charge in [-0.25, -0.2) is 10.2 Å². The molecule has 0 atom stereocenters. The molecule has 0 unspecified atom stereocenters. The van der Waals surface area contributed by atoms with E-state index in [-0.39, 0.29) is 98.7 Å².